The monoisotopic (exact) mass is 367 g/mol. The first-order chi connectivity index (χ1) is 12.2. The van der Waals surface area contributed by atoms with Crippen molar-refractivity contribution in [2.75, 3.05) is 0 Å². The Bertz CT molecular complexity index is 917. The van der Waals surface area contributed by atoms with E-state index in [2.05, 4.69) is 15.1 Å². The van der Waals surface area contributed by atoms with Crippen LogP contribution in [0.5, 0.6) is 0 Å². The van der Waals surface area contributed by atoms with Crippen molar-refractivity contribution in [1.29, 1.82) is 0 Å². The fraction of sp³-hybridized carbons (Fsp3) is 0.111. The number of hydrogen-bond donors (Lipinski definition) is 0. The summed E-state index contributed by atoms with van der Waals surface area (Å²) in [6.45, 7) is 0. The largest absolute Gasteiger partial charge is 0.269 e. The summed E-state index contributed by atoms with van der Waals surface area (Å²) in [5, 5.41) is 13.2. The molecule has 0 saturated carbocycles. The smallest absolute Gasteiger partial charge is 0.258 e. The van der Waals surface area contributed by atoms with Gasteiger partial charge in [0.1, 0.15) is 0 Å². The lowest BCUT2D eigenvalue weighted by Gasteiger charge is -2.11. The molecular formula is C18H13N3O2S2. The molecule has 124 valence electrons. The van der Waals surface area contributed by atoms with Crippen molar-refractivity contribution in [1.82, 2.24) is 4.98 Å². The van der Waals surface area contributed by atoms with E-state index in [0.29, 0.717) is 6.42 Å². The number of aromatic nitrogens is 1. The second kappa shape index (κ2) is 7.90. The highest BCUT2D eigenvalue weighted by atomic mass is 32.1. The molecule has 7 heteroatoms. The van der Waals surface area contributed by atoms with Crippen LogP contribution >= 0.6 is 23.6 Å². The molecule has 0 aliphatic carbocycles. The normalized spacial score (nSPS) is 11.5. The molecule has 1 unspecified atom stereocenters. The molecule has 0 aliphatic rings. The van der Waals surface area contributed by atoms with Crippen LogP contribution in [0.25, 0.3) is 10.4 Å². The number of thiocarbonyl (C=S) groups is 1. The summed E-state index contributed by atoms with van der Waals surface area (Å²) in [4.78, 5) is 20.2. The Hall–Kier alpha value is -2.73. The molecule has 3 rings (SSSR count). The van der Waals surface area contributed by atoms with Crippen LogP contribution in [0.3, 0.4) is 0 Å². The number of hydrogen-bond acceptors (Lipinski definition) is 6. The minimum Gasteiger partial charge on any atom is -0.258 e. The summed E-state index contributed by atoms with van der Waals surface area (Å²) in [5.74, 6) is 0. The molecule has 1 aromatic heterocycles. The van der Waals surface area contributed by atoms with Crippen molar-refractivity contribution in [3.8, 4) is 10.4 Å². The van der Waals surface area contributed by atoms with Crippen LogP contribution in [0.4, 0.5) is 5.69 Å². The summed E-state index contributed by atoms with van der Waals surface area (Å²) in [6, 6.07) is 16.1. The lowest BCUT2D eigenvalue weighted by Crippen LogP contribution is -2.02. The Morgan fingerprint density at radius 3 is 2.56 bits per heavy atom. The van der Waals surface area contributed by atoms with Gasteiger partial charge in [0, 0.05) is 18.6 Å². The van der Waals surface area contributed by atoms with E-state index >= 15 is 0 Å². The van der Waals surface area contributed by atoms with E-state index in [4.69, 9.17) is 12.2 Å². The fourth-order valence-electron chi connectivity index (χ4n) is 2.54. The predicted molar refractivity (Wildman–Crippen MR) is 102 cm³/mol. The first kappa shape index (κ1) is 17.1. The van der Waals surface area contributed by atoms with Gasteiger partial charge in [0.15, 0.2) is 0 Å². The molecule has 0 bridgehead atoms. The number of isothiocyanates is 1. The molecule has 0 spiro atoms. The molecular weight excluding hydrogens is 354 g/mol. The lowest BCUT2D eigenvalue weighted by molar-refractivity contribution is -0.384. The number of benzene rings is 2. The SMILES string of the molecule is O=[N+]([O-])c1ccc(C(Cc2ncsc2-c2ccccc2)N=C=S)cc1. The van der Waals surface area contributed by atoms with Crippen LogP contribution < -0.4 is 0 Å². The zero-order valence-corrected chi connectivity index (χ0v) is 14.7. The highest BCUT2D eigenvalue weighted by Crippen LogP contribution is 2.32. The van der Waals surface area contributed by atoms with E-state index in [9.17, 15) is 10.1 Å². The van der Waals surface area contributed by atoms with Crippen molar-refractivity contribution in [2.24, 2.45) is 4.99 Å². The van der Waals surface area contributed by atoms with Gasteiger partial charge in [-0.25, -0.2) is 9.98 Å². The molecule has 1 atom stereocenters. The molecule has 2 aromatic carbocycles. The maximum Gasteiger partial charge on any atom is 0.269 e. The third kappa shape index (κ3) is 4.03. The molecule has 1 heterocycles. The average Bonchev–Trinajstić information content (AvgIpc) is 3.10. The molecule has 0 N–H and O–H groups in total. The molecule has 0 aliphatic heterocycles. The zero-order valence-electron chi connectivity index (χ0n) is 13.0. The summed E-state index contributed by atoms with van der Waals surface area (Å²) >= 11 is 6.35. The van der Waals surface area contributed by atoms with E-state index in [0.717, 1.165) is 21.7 Å². The highest BCUT2D eigenvalue weighted by Gasteiger charge is 2.17. The summed E-state index contributed by atoms with van der Waals surface area (Å²) in [6.07, 6.45) is 0.551. The minimum atomic E-state index is -0.421. The molecule has 0 saturated heterocycles. The Kier molecular flexibility index (Phi) is 5.40. The molecule has 0 fully saturated rings. The van der Waals surface area contributed by atoms with Gasteiger partial charge in [0.2, 0.25) is 0 Å². The number of nitro benzene ring substituents is 1. The van der Waals surface area contributed by atoms with Gasteiger partial charge in [-0.2, -0.15) is 0 Å². The van der Waals surface area contributed by atoms with Gasteiger partial charge in [-0.3, -0.25) is 10.1 Å². The molecule has 0 radical (unpaired) electrons. The molecule has 25 heavy (non-hydrogen) atoms. The second-order valence-corrected chi connectivity index (χ2v) is 6.32. The first-order valence-corrected chi connectivity index (χ1v) is 8.77. The van der Waals surface area contributed by atoms with E-state index in [1.54, 1.807) is 23.5 Å². The molecule has 3 aromatic rings. The van der Waals surface area contributed by atoms with Crippen LogP contribution in [0, 0.1) is 10.1 Å². The van der Waals surface area contributed by atoms with Gasteiger partial charge in [0.05, 0.1) is 32.2 Å². The van der Waals surface area contributed by atoms with Crippen LogP contribution in [0.2, 0.25) is 0 Å². The van der Waals surface area contributed by atoms with Gasteiger partial charge in [-0.05, 0) is 23.3 Å². The second-order valence-electron chi connectivity index (χ2n) is 5.28. The van der Waals surface area contributed by atoms with Crippen LogP contribution in [0.15, 0.2) is 65.1 Å². The van der Waals surface area contributed by atoms with Crippen LogP contribution in [-0.2, 0) is 6.42 Å². The van der Waals surface area contributed by atoms with Gasteiger partial charge in [-0.1, -0.05) is 42.5 Å². The Morgan fingerprint density at radius 1 is 1.20 bits per heavy atom. The fourth-order valence-corrected chi connectivity index (χ4v) is 3.50. The van der Waals surface area contributed by atoms with Gasteiger partial charge in [0.25, 0.3) is 5.69 Å². The maximum atomic E-state index is 10.8. The average molecular weight is 367 g/mol. The number of nitrogens with zero attached hydrogens (tertiary/aromatic N) is 3. The standard InChI is InChI=1S/C18H13N3O2S2/c22-21(23)15-8-6-13(7-9-15)16(19-11-24)10-17-18(25-12-20-17)14-4-2-1-3-5-14/h1-9,12,16H,10H2. The minimum absolute atomic E-state index is 0.0486. The van der Waals surface area contributed by atoms with Crippen molar-refractivity contribution in [2.45, 2.75) is 12.5 Å². The number of thiazole rings is 1. The van der Waals surface area contributed by atoms with Gasteiger partial charge < -0.3 is 0 Å². The van der Waals surface area contributed by atoms with Crippen LogP contribution in [-0.4, -0.2) is 15.1 Å². The predicted octanol–water partition coefficient (Wildman–Crippen LogP) is 5.10. The number of non-ortho nitro benzene ring substituents is 1. The highest BCUT2D eigenvalue weighted by molar-refractivity contribution is 7.78. The maximum absolute atomic E-state index is 10.8. The van der Waals surface area contributed by atoms with Gasteiger partial charge in [-0.15, -0.1) is 11.3 Å². The summed E-state index contributed by atoms with van der Waals surface area (Å²) in [5.41, 5.74) is 4.73. The first-order valence-electron chi connectivity index (χ1n) is 7.48. The summed E-state index contributed by atoms with van der Waals surface area (Å²) in [7, 11) is 0. The number of nitro groups is 1. The third-order valence-corrected chi connectivity index (χ3v) is 4.78. The summed E-state index contributed by atoms with van der Waals surface area (Å²) < 4.78 is 0. The lowest BCUT2D eigenvalue weighted by atomic mass is 10.0. The Morgan fingerprint density at radius 2 is 1.92 bits per heavy atom. The van der Waals surface area contributed by atoms with E-state index in [1.807, 2.05) is 35.8 Å². The quantitative estimate of drug-likeness (QED) is 0.263. The van der Waals surface area contributed by atoms with Crippen molar-refractivity contribution in [3.05, 3.63) is 81.5 Å². The van der Waals surface area contributed by atoms with Gasteiger partial charge >= 0.3 is 0 Å². The Balaban J connectivity index is 1.90. The zero-order chi connectivity index (χ0) is 17.6. The van der Waals surface area contributed by atoms with Crippen LogP contribution in [0.1, 0.15) is 17.3 Å². The number of aliphatic imine (C=N–C) groups is 1. The van der Waals surface area contributed by atoms with E-state index < -0.39 is 4.92 Å². The van der Waals surface area contributed by atoms with Crippen molar-refractivity contribution < 1.29 is 4.92 Å². The van der Waals surface area contributed by atoms with Crippen molar-refractivity contribution in [3.63, 3.8) is 0 Å². The third-order valence-electron chi connectivity index (χ3n) is 3.76. The number of rotatable bonds is 6. The Labute approximate surface area is 153 Å². The topological polar surface area (TPSA) is 68.4 Å². The molecule has 0 amide bonds. The molecule has 5 nitrogen and oxygen atoms in total. The van der Waals surface area contributed by atoms with E-state index in [-0.39, 0.29) is 11.7 Å². The van der Waals surface area contributed by atoms with E-state index in [1.165, 1.54) is 12.1 Å². The van der Waals surface area contributed by atoms with Crippen molar-refractivity contribution >= 4 is 34.4 Å².